The second-order valence-corrected chi connectivity index (χ2v) is 6.41. The molecule has 4 aromatic rings. The fourth-order valence-electron chi connectivity index (χ4n) is 2.90. The Labute approximate surface area is 161 Å². The SMILES string of the molecule is Cc1ccc(Oc2cc(Oc3ccc([N+](=O)[O-])cc3)cc3ccccc23)cc1. The first-order valence-electron chi connectivity index (χ1n) is 8.78. The van der Waals surface area contributed by atoms with Gasteiger partial charge in [-0.3, -0.25) is 10.1 Å². The van der Waals surface area contributed by atoms with Gasteiger partial charge in [-0.2, -0.15) is 0 Å². The highest BCUT2D eigenvalue weighted by molar-refractivity contribution is 5.90. The summed E-state index contributed by atoms with van der Waals surface area (Å²) < 4.78 is 12.0. The molecule has 4 rings (SSSR count). The average molecular weight is 371 g/mol. The molecule has 0 radical (unpaired) electrons. The van der Waals surface area contributed by atoms with Crippen LogP contribution in [0.4, 0.5) is 5.69 Å². The molecule has 0 amide bonds. The Balaban J connectivity index is 1.69. The summed E-state index contributed by atoms with van der Waals surface area (Å²) in [6.07, 6.45) is 0. The van der Waals surface area contributed by atoms with Gasteiger partial charge in [-0.25, -0.2) is 0 Å². The van der Waals surface area contributed by atoms with E-state index in [0.717, 1.165) is 22.1 Å². The Hall–Kier alpha value is -3.86. The second-order valence-electron chi connectivity index (χ2n) is 6.41. The zero-order valence-electron chi connectivity index (χ0n) is 15.2. The van der Waals surface area contributed by atoms with Crippen molar-refractivity contribution >= 4 is 16.5 Å². The van der Waals surface area contributed by atoms with Crippen molar-refractivity contribution < 1.29 is 14.4 Å². The topological polar surface area (TPSA) is 61.6 Å². The van der Waals surface area contributed by atoms with Crippen LogP contribution in [-0.2, 0) is 0 Å². The molecule has 0 aliphatic heterocycles. The molecule has 138 valence electrons. The van der Waals surface area contributed by atoms with Gasteiger partial charge in [-0.05, 0) is 42.6 Å². The molecule has 5 nitrogen and oxygen atoms in total. The van der Waals surface area contributed by atoms with Crippen LogP contribution in [0.15, 0.2) is 84.9 Å². The maximum absolute atomic E-state index is 10.8. The summed E-state index contributed by atoms with van der Waals surface area (Å²) in [7, 11) is 0. The maximum Gasteiger partial charge on any atom is 0.269 e. The van der Waals surface area contributed by atoms with Crippen molar-refractivity contribution in [3.05, 3.63) is 101 Å². The Kier molecular flexibility index (Phi) is 4.64. The lowest BCUT2D eigenvalue weighted by Crippen LogP contribution is -1.91. The lowest BCUT2D eigenvalue weighted by Gasteiger charge is -2.13. The maximum atomic E-state index is 10.8. The van der Waals surface area contributed by atoms with E-state index in [1.807, 2.05) is 67.6 Å². The van der Waals surface area contributed by atoms with Crippen LogP contribution >= 0.6 is 0 Å². The Morgan fingerprint density at radius 3 is 2.11 bits per heavy atom. The van der Waals surface area contributed by atoms with Crippen molar-refractivity contribution in [1.29, 1.82) is 0 Å². The van der Waals surface area contributed by atoms with Crippen LogP contribution in [0.5, 0.6) is 23.0 Å². The summed E-state index contributed by atoms with van der Waals surface area (Å²) in [5, 5.41) is 12.8. The molecule has 0 aliphatic carbocycles. The Bertz CT molecular complexity index is 1140. The van der Waals surface area contributed by atoms with Gasteiger partial charge >= 0.3 is 0 Å². The first-order valence-corrected chi connectivity index (χ1v) is 8.78. The van der Waals surface area contributed by atoms with E-state index >= 15 is 0 Å². The number of rotatable bonds is 5. The average Bonchev–Trinajstić information content (AvgIpc) is 2.70. The molecule has 0 heterocycles. The number of fused-ring (bicyclic) bond motifs is 1. The lowest BCUT2D eigenvalue weighted by molar-refractivity contribution is -0.384. The molecule has 0 spiro atoms. The zero-order valence-corrected chi connectivity index (χ0v) is 15.2. The highest BCUT2D eigenvalue weighted by Gasteiger charge is 2.10. The van der Waals surface area contributed by atoms with Gasteiger partial charge in [0.15, 0.2) is 0 Å². The van der Waals surface area contributed by atoms with Crippen LogP contribution in [-0.4, -0.2) is 4.92 Å². The van der Waals surface area contributed by atoms with Crippen LogP contribution in [0.2, 0.25) is 0 Å². The van der Waals surface area contributed by atoms with Gasteiger partial charge in [-0.15, -0.1) is 0 Å². The summed E-state index contributed by atoms with van der Waals surface area (Å²) in [5.41, 5.74) is 1.18. The number of non-ortho nitro benzene ring substituents is 1. The smallest absolute Gasteiger partial charge is 0.269 e. The minimum atomic E-state index is -0.437. The van der Waals surface area contributed by atoms with E-state index in [1.165, 1.54) is 12.1 Å². The van der Waals surface area contributed by atoms with Gasteiger partial charge in [0.25, 0.3) is 5.69 Å². The Morgan fingerprint density at radius 1 is 0.750 bits per heavy atom. The first-order chi connectivity index (χ1) is 13.6. The number of hydrogen-bond acceptors (Lipinski definition) is 4. The molecule has 0 unspecified atom stereocenters. The number of nitro groups is 1. The van der Waals surface area contributed by atoms with Crippen molar-refractivity contribution in [1.82, 2.24) is 0 Å². The van der Waals surface area contributed by atoms with Gasteiger partial charge in [-0.1, -0.05) is 42.0 Å². The van der Waals surface area contributed by atoms with Gasteiger partial charge in [0, 0.05) is 23.6 Å². The number of nitro benzene ring substituents is 1. The molecular weight excluding hydrogens is 354 g/mol. The van der Waals surface area contributed by atoms with E-state index in [2.05, 4.69) is 0 Å². The predicted octanol–water partition coefficient (Wildman–Crippen LogP) is 6.64. The quantitative estimate of drug-likeness (QED) is 0.291. The van der Waals surface area contributed by atoms with E-state index in [0.29, 0.717) is 17.2 Å². The molecule has 0 saturated heterocycles. The van der Waals surface area contributed by atoms with Crippen LogP contribution in [0.3, 0.4) is 0 Å². The number of benzene rings is 4. The van der Waals surface area contributed by atoms with E-state index in [-0.39, 0.29) is 5.69 Å². The summed E-state index contributed by atoms with van der Waals surface area (Å²) in [6, 6.07) is 25.5. The fourth-order valence-corrected chi connectivity index (χ4v) is 2.90. The largest absolute Gasteiger partial charge is 0.457 e. The molecule has 0 atom stereocenters. The van der Waals surface area contributed by atoms with Crippen molar-refractivity contribution in [3.8, 4) is 23.0 Å². The van der Waals surface area contributed by atoms with Gasteiger partial charge in [0.05, 0.1) is 4.92 Å². The molecule has 0 fully saturated rings. The standard InChI is InChI=1S/C23H17NO4/c1-16-6-10-20(11-7-16)28-23-15-21(14-17-4-2-3-5-22(17)23)27-19-12-8-18(9-13-19)24(25)26/h2-15H,1H3. The molecule has 0 aliphatic rings. The summed E-state index contributed by atoms with van der Waals surface area (Å²) >= 11 is 0. The number of aryl methyl sites for hydroxylation is 1. The molecule has 0 saturated carbocycles. The van der Waals surface area contributed by atoms with E-state index < -0.39 is 4.92 Å². The minimum Gasteiger partial charge on any atom is -0.457 e. The van der Waals surface area contributed by atoms with E-state index in [4.69, 9.17) is 9.47 Å². The van der Waals surface area contributed by atoms with Crippen molar-refractivity contribution in [2.45, 2.75) is 6.92 Å². The van der Waals surface area contributed by atoms with E-state index in [1.54, 1.807) is 12.1 Å². The van der Waals surface area contributed by atoms with Crippen LogP contribution in [0, 0.1) is 17.0 Å². The van der Waals surface area contributed by atoms with Crippen LogP contribution in [0.1, 0.15) is 5.56 Å². The van der Waals surface area contributed by atoms with Crippen LogP contribution < -0.4 is 9.47 Å². The van der Waals surface area contributed by atoms with Gasteiger partial charge in [0.2, 0.25) is 0 Å². The van der Waals surface area contributed by atoms with E-state index in [9.17, 15) is 10.1 Å². The monoisotopic (exact) mass is 371 g/mol. The molecule has 5 heteroatoms. The minimum absolute atomic E-state index is 0.0225. The number of nitrogens with zero attached hydrogens (tertiary/aromatic N) is 1. The van der Waals surface area contributed by atoms with Gasteiger partial charge < -0.3 is 9.47 Å². The molecule has 0 aromatic heterocycles. The summed E-state index contributed by atoms with van der Waals surface area (Å²) in [5.74, 6) is 2.53. The number of ether oxygens (including phenoxy) is 2. The molecule has 4 aromatic carbocycles. The van der Waals surface area contributed by atoms with Gasteiger partial charge in [0.1, 0.15) is 23.0 Å². The van der Waals surface area contributed by atoms with Crippen molar-refractivity contribution in [2.75, 3.05) is 0 Å². The molecule has 28 heavy (non-hydrogen) atoms. The zero-order chi connectivity index (χ0) is 19.5. The normalized spacial score (nSPS) is 10.6. The number of hydrogen-bond donors (Lipinski definition) is 0. The third kappa shape index (κ3) is 3.78. The van der Waals surface area contributed by atoms with Crippen molar-refractivity contribution in [3.63, 3.8) is 0 Å². The molecule has 0 bridgehead atoms. The second kappa shape index (κ2) is 7.40. The highest BCUT2D eigenvalue weighted by atomic mass is 16.6. The third-order valence-corrected chi connectivity index (χ3v) is 4.33. The van der Waals surface area contributed by atoms with Crippen molar-refractivity contribution in [2.24, 2.45) is 0 Å². The summed E-state index contributed by atoms with van der Waals surface area (Å²) in [4.78, 5) is 10.4. The Morgan fingerprint density at radius 2 is 1.39 bits per heavy atom. The third-order valence-electron chi connectivity index (χ3n) is 4.33. The fraction of sp³-hybridized carbons (Fsp3) is 0.0435. The lowest BCUT2D eigenvalue weighted by atomic mass is 10.1. The first kappa shape index (κ1) is 17.5. The molecular formula is C23H17NO4. The highest BCUT2D eigenvalue weighted by Crippen LogP contribution is 2.36. The van der Waals surface area contributed by atoms with Crippen LogP contribution in [0.25, 0.3) is 10.8 Å². The molecule has 0 N–H and O–H groups in total. The predicted molar refractivity (Wildman–Crippen MR) is 108 cm³/mol. The summed E-state index contributed by atoms with van der Waals surface area (Å²) in [6.45, 7) is 2.03.